The number of sulfone groups is 1. The summed E-state index contributed by atoms with van der Waals surface area (Å²) in [4.78, 5) is 22.9. The molecule has 0 spiro atoms. The summed E-state index contributed by atoms with van der Waals surface area (Å²) in [7, 11) is -8.07. The zero-order chi connectivity index (χ0) is 20.8. The van der Waals surface area contributed by atoms with Crippen molar-refractivity contribution in [3.63, 3.8) is 0 Å². The third-order valence-corrected chi connectivity index (χ3v) is 4.39. The average molecular weight is 481 g/mol. The SMILES string of the molecule is O=S(=O)(O)O.[CH2-]CS(=O)(=O)c1ccc(NC(=O)c2nc(Cl)nc(Cl)n2)cc1.[Na+]. The van der Waals surface area contributed by atoms with Crippen molar-refractivity contribution in [1.29, 1.82) is 0 Å². The summed E-state index contributed by atoms with van der Waals surface area (Å²) in [6.45, 7) is 3.36. The van der Waals surface area contributed by atoms with Crippen molar-refractivity contribution < 1.29 is 60.3 Å². The van der Waals surface area contributed by atoms with Gasteiger partial charge in [-0.05, 0) is 47.5 Å². The van der Waals surface area contributed by atoms with Gasteiger partial charge >= 0.3 is 40.0 Å². The normalized spacial score (nSPS) is 10.9. The van der Waals surface area contributed by atoms with Crippen molar-refractivity contribution in [2.24, 2.45) is 0 Å². The molecule has 0 aliphatic rings. The molecule has 148 valence electrons. The Kier molecular flexibility index (Phi) is 11.0. The summed E-state index contributed by atoms with van der Waals surface area (Å²) in [6, 6.07) is 5.60. The minimum atomic E-state index is -4.67. The number of amides is 1. The molecule has 1 amide bonds. The monoisotopic (exact) mass is 480 g/mol. The first-order chi connectivity index (χ1) is 12.3. The molecule has 0 radical (unpaired) electrons. The molecule has 2 rings (SSSR count). The molecule has 0 saturated heterocycles. The number of anilines is 1. The fourth-order valence-corrected chi connectivity index (χ4v) is 2.63. The van der Waals surface area contributed by atoms with E-state index in [4.69, 9.17) is 40.7 Å². The van der Waals surface area contributed by atoms with E-state index in [9.17, 15) is 13.2 Å². The molecule has 0 atom stereocenters. The van der Waals surface area contributed by atoms with Crippen LogP contribution in [0.2, 0.25) is 10.6 Å². The van der Waals surface area contributed by atoms with Gasteiger partial charge in [0.1, 0.15) is 0 Å². The van der Waals surface area contributed by atoms with E-state index in [1.807, 2.05) is 0 Å². The second-order valence-corrected chi connectivity index (χ2v) is 8.12. The van der Waals surface area contributed by atoms with Crippen molar-refractivity contribution in [2.75, 3.05) is 11.1 Å². The molecule has 0 aliphatic carbocycles. The molecule has 16 heteroatoms. The van der Waals surface area contributed by atoms with Gasteiger partial charge in [-0.1, -0.05) is 5.75 Å². The molecule has 0 unspecified atom stereocenters. The van der Waals surface area contributed by atoms with Crippen LogP contribution >= 0.6 is 23.2 Å². The maximum absolute atomic E-state index is 11.9. The number of nitrogens with one attached hydrogen (secondary N) is 1. The Bertz CT molecular complexity index is 1010. The Balaban J connectivity index is 0.00000108. The molecular formula is C12H11Cl2N4NaO7S2. The third kappa shape index (κ3) is 10.0. The van der Waals surface area contributed by atoms with E-state index in [0.29, 0.717) is 5.69 Å². The van der Waals surface area contributed by atoms with Gasteiger partial charge in [-0.2, -0.15) is 23.4 Å². The van der Waals surface area contributed by atoms with Crippen LogP contribution in [0.25, 0.3) is 0 Å². The standard InChI is InChI=1S/C12H9Cl2N4O3S.Na.H2O4S/c1-2-22(20,21)8-5-3-7(4-6-8)15-10(19)9-16-11(13)18-12(14)17-9;;1-5(2,3)4/h3-6H,1-2H2,(H,15,19);;(H2,1,2,3,4)/q-1;+1;. The van der Waals surface area contributed by atoms with Crippen LogP contribution in [-0.2, 0) is 20.2 Å². The molecule has 0 fully saturated rings. The fraction of sp³-hybridized carbons (Fsp3) is 0.0833. The van der Waals surface area contributed by atoms with Crippen LogP contribution in [0.5, 0.6) is 0 Å². The molecule has 1 aromatic carbocycles. The van der Waals surface area contributed by atoms with Gasteiger partial charge in [-0.15, -0.1) is 0 Å². The summed E-state index contributed by atoms with van der Waals surface area (Å²) < 4.78 is 54.8. The molecule has 28 heavy (non-hydrogen) atoms. The second kappa shape index (κ2) is 11.3. The Morgan fingerprint density at radius 3 is 1.82 bits per heavy atom. The Morgan fingerprint density at radius 1 is 1.00 bits per heavy atom. The summed E-state index contributed by atoms with van der Waals surface area (Å²) in [5.41, 5.74) is 0.362. The number of carbonyl (C=O) groups excluding carboxylic acids is 1. The molecule has 0 saturated carbocycles. The van der Waals surface area contributed by atoms with Crippen LogP contribution in [0.1, 0.15) is 10.6 Å². The molecule has 0 bridgehead atoms. The minimum absolute atomic E-state index is 0. The smallest absolute Gasteiger partial charge is 0.328 e. The molecule has 2 aromatic rings. The van der Waals surface area contributed by atoms with Gasteiger partial charge in [-0.3, -0.25) is 13.9 Å². The number of rotatable bonds is 4. The number of benzene rings is 1. The van der Waals surface area contributed by atoms with Gasteiger partial charge in [0.05, 0.1) is 4.90 Å². The first-order valence-corrected chi connectivity index (χ1v) is 10.3. The Labute approximate surface area is 192 Å². The van der Waals surface area contributed by atoms with Crippen LogP contribution < -0.4 is 34.9 Å². The molecule has 1 aromatic heterocycles. The molecule has 3 N–H and O–H groups in total. The predicted octanol–water partition coefficient (Wildman–Crippen LogP) is -1.61. The largest absolute Gasteiger partial charge is 1.00 e. The van der Waals surface area contributed by atoms with E-state index in [2.05, 4.69) is 27.2 Å². The van der Waals surface area contributed by atoms with Gasteiger partial charge in [0, 0.05) is 5.69 Å². The van der Waals surface area contributed by atoms with E-state index < -0.39 is 26.1 Å². The van der Waals surface area contributed by atoms with Gasteiger partial charge < -0.3 is 12.2 Å². The van der Waals surface area contributed by atoms with Crippen molar-refractivity contribution in [1.82, 2.24) is 15.0 Å². The molecule has 11 nitrogen and oxygen atoms in total. The van der Waals surface area contributed by atoms with E-state index in [-0.39, 0.29) is 56.6 Å². The van der Waals surface area contributed by atoms with Gasteiger partial charge in [-0.25, -0.2) is 8.42 Å². The van der Waals surface area contributed by atoms with E-state index >= 15 is 0 Å². The Hall–Kier alpha value is -0.900. The summed E-state index contributed by atoms with van der Waals surface area (Å²) in [6.07, 6.45) is 0. The van der Waals surface area contributed by atoms with E-state index in [0.717, 1.165) is 0 Å². The van der Waals surface area contributed by atoms with Crippen LogP contribution in [0.3, 0.4) is 0 Å². The Morgan fingerprint density at radius 2 is 1.43 bits per heavy atom. The summed E-state index contributed by atoms with van der Waals surface area (Å²) in [5, 5.41) is 2.08. The van der Waals surface area contributed by atoms with Crippen molar-refractivity contribution in [3.8, 4) is 0 Å². The summed E-state index contributed by atoms with van der Waals surface area (Å²) in [5.74, 6) is -1.15. The third-order valence-electron chi connectivity index (χ3n) is 2.52. The number of hydrogen-bond donors (Lipinski definition) is 3. The van der Waals surface area contributed by atoms with Gasteiger partial charge in [0.15, 0.2) is 9.84 Å². The van der Waals surface area contributed by atoms with Crippen LogP contribution in [0.4, 0.5) is 5.69 Å². The van der Waals surface area contributed by atoms with E-state index in [1.165, 1.54) is 24.3 Å². The molecule has 0 aliphatic heterocycles. The zero-order valence-electron chi connectivity index (χ0n) is 14.1. The van der Waals surface area contributed by atoms with Crippen LogP contribution in [-0.4, -0.2) is 52.6 Å². The van der Waals surface area contributed by atoms with E-state index in [1.54, 1.807) is 0 Å². The first kappa shape index (κ1) is 27.1. The fourth-order valence-electron chi connectivity index (χ4n) is 1.48. The van der Waals surface area contributed by atoms with Gasteiger partial charge in [0.2, 0.25) is 16.4 Å². The number of nitrogens with zero attached hydrogens (tertiary/aromatic N) is 3. The minimum Gasteiger partial charge on any atom is -0.328 e. The number of hydrogen-bond acceptors (Lipinski definition) is 8. The first-order valence-electron chi connectivity index (χ1n) is 6.52. The molecule has 1 heterocycles. The van der Waals surface area contributed by atoms with Gasteiger partial charge in [0.25, 0.3) is 5.91 Å². The number of halogens is 2. The average Bonchev–Trinajstić information content (AvgIpc) is 2.53. The quantitative estimate of drug-likeness (QED) is 0.262. The summed E-state index contributed by atoms with van der Waals surface area (Å²) >= 11 is 11.2. The maximum Gasteiger partial charge on any atom is 1.00 e. The molecular weight excluding hydrogens is 470 g/mol. The topological polar surface area (TPSA) is 177 Å². The van der Waals surface area contributed by atoms with Crippen molar-refractivity contribution in [2.45, 2.75) is 4.90 Å². The van der Waals surface area contributed by atoms with Crippen LogP contribution in [0, 0.1) is 6.92 Å². The van der Waals surface area contributed by atoms with Crippen LogP contribution in [0.15, 0.2) is 29.2 Å². The predicted molar refractivity (Wildman–Crippen MR) is 95.8 cm³/mol. The second-order valence-electron chi connectivity index (χ2n) is 4.44. The van der Waals surface area contributed by atoms with Crippen molar-refractivity contribution in [3.05, 3.63) is 47.6 Å². The number of carbonyl (C=O) groups is 1. The maximum atomic E-state index is 11.9. The zero-order valence-corrected chi connectivity index (χ0v) is 19.2. The number of aromatic nitrogens is 3. The van der Waals surface area contributed by atoms with Crippen molar-refractivity contribution >= 4 is 55.0 Å².